The molecule has 0 radical (unpaired) electrons. The summed E-state index contributed by atoms with van der Waals surface area (Å²) in [6, 6.07) is 7.89. The molecule has 2 fully saturated rings. The van der Waals surface area contributed by atoms with Crippen molar-refractivity contribution in [3.63, 3.8) is 0 Å². The van der Waals surface area contributed by atoms with Gasteiger partial charge < -0.3 is 19.5 Å². The summed E-state index contributed by atoms with van der Waals surface area (Å²) in [5.74, 6) is 0.839. The number of hydrogen-bond acceptors (Lipinski definition) is 4. The lowest BCUT2D eigenvalue weighted by atomic mass is 9.94. The van der Waals surface area contributed by atoms with Crippen molar-refractivity contribution in [2.75, 3.05) is 26.8 Å². The van der Waals surface area contributed by atoms with Gasteiger partial charge in [-0.1, -0.05) is 12.1 Å². The van der Waals surface area contributed by atoms with Crippen molar-refractivity contribution < 1.29 is 14.2 Å². The first-order valence-corrected chi connectivity index (χ1v) is 6.45. The van der Waals surface area contributed by atoms with Gasteiger partial charge in [-0.15, -0.1) is 0 Å². The zero-order valence-electron chi connectivity index (χ0n) is 10.6. The zero-order valence-corrected chi connectivity index (χ0v) is 10.6. The number of rotatable bonds is 2. The molecule has 0 bridgehead atoms. The predicted molar refractivity (Wildman–Crippen MR) is 67.6 cm³/mol. The van der Waals surface area contributed by atoms with E-state index < -0.39 is 0 Å². The van der Waals surface area contributed by atoms with E-state index in [1.165, 1.54) is 0 Å². The van der Waals surface area contributed by atoms with E-state index in [2.05, 4.69) is 5.32 Å². The molecule has 1 aromatic rings. The molecule has 1 aromatic carbocycles. The molecule has 2 aliphatic rings. The van der Waals surface area contributed by atoms with Crippen molar-refractivity contribution in [3.05, 3.63) is 29.8 Å². The van der Waals surface area contributed by atoms with Gasteiger partial charge in [-0.3, -0.25) is 0 Å². The monoisotopic (exact) mass is 249 g/mol. The molecule has 0 aliphatic carbocycles. The van der Waals surface area contributed by atoms with Gasteiger partial charge in [0.2, 0.25) is 0 Å². The Hall–Kier alpha value is -1.10. The van der Waals surface area contributed by atoms with Crippen LogP contribution in [0.3, 0.4) is 0 Å². The Kier molecular flexibility index (Phi) is 3.24. The molecule has 98 valence electrons. The zero-order chi connectivity index (χ0) is 12.4. The lowest BCUT2D eigenvalue weighted by molar-refractivity contribution is -0.101. The quantitative estimate of drug-likeness (QED) is 0.868. The third kappa shape index (κ3) is 2.23. The van der Waals surface area contributed by atoms with E-state index in [0.717, 1.165) is 37.2 Å². The largest absolute Gasteiger partial charge is 0.497 e. The van der Waals surface area contributed by atoms with Crippen molar-refractivity contribution in [1.29, 1.82) is 0 Å². The molecular weight excluding hydrogens is 230 g/mol. The second-order valence-electron chi connectivity index (χ2n) is 4.97. The molecule has 1 N–H and O–H groups in total. The second-order valence-corrected chi connectivity index (χ2v) is 4.97. The lowest BCUT2D eigenvalue weighted by Crippen LogP contribution is -2.43. The molecular formula is C14H19NO3. The van der Waals surface area contributed by atoms with Gasteiger partial charge >= 0.3 is 0 Å². The maximum Gasteiger partial charge on any atom is 0.184 e. The van der Waals surface area contributed by atoms with E-state index in [0.29, 0.717) is 6.61 Å². The van der Waals surface area contributed by atoms with Crippen molar-refractivity contribution in [1.82, 2.24) is 5.32 Å². The van der Waals surface area contributed by atoms with Crippen LogP contribution in [0.1, 0.15) is 24.7 Å². The van der Waals surface area contributed by atoms with Crippen molar-refractivity contribution in [2.45, 2.75) is 24.7 Å². The number of hydrogen-bond donors (Lipinski definition) is 1. The van der Waals surface area contributed by atoms with Crippen LogP contribution in [0.2, 0.25) is 0 Å². The Bertz CT molecular complexity index is 415. The fourth-order valence-corrected chi connectivity index (χ4v) is 2.62. The summed E-state index contributed by atoms with van der Waals surface area (Å²) >= 11 is 0. The highest BCUT2D eigenvalue weighted by Gasteiger charge is 2.42. The number of nitrogens with one attached hydrogen (secondary N) is 1. The summed E-state index contributed by atoms with van der Waals surface area (Å²) < 4.78 is 17.2. The average Bonchev–Trinajstić information content (AvgIpc) is 2.83. The summed E-state index contributed by atoms with van der Waals surface area (Å²) in [6.07, 6.45) is 1.79. The molecule has 2 heterocycles. The second kappa shape index (κ2) is 4.88. The molecule has 0 saturated carbocycles. The van der Waals surface area contributed by atoms with Gasteiger partial charge in [0.1, 0.15) is 5.75 Å². The van der Waals surface area contributed by atoms with Crippen molar-refractivity contribution in [2.24, 2.45) is 0 Å². The number of piperidine rings is 1. The molecule has 4 nitrogen and oxygen atoms in total. The molecule has 3 rings (SSSR count). The standard InChI is InChI=1S/C14H19NO3/c1-16-12-4-2-3-11(9-12)13-17-10-14(18-13)5-7-15-8-6-14/h2-4,9,13,15H,5-8,10H2,1H3. The third-order valence-corrected chi connectivity index (χ3v) is 3.74. The Balaban J connectivity index is 1.74. The van der Waals surface area contributed by atoms with Crippen LogP contribution >= 0.6 is 0 Å². The van der Waals surface area contributed by atoms with Gasteiger partial charge in [-0.2, -0.15) is 0 Å². The van der Waals surface area contributed by atoms with Crippen LogP contribution < -0.4 is 10.1 Å². The number of ether oxygens (including phenoxy) is 3. The van der Waals surface area contributed by atoms with Gasteiger partial charge in [0.25, 0.3) is 0 Å². The minimum Gasteiger partial charge on any atom is -0.497 e. The highest BCUT2D eigenvalue weighted by molar-refractivity contribution is 5.29. The van der Waals surface area contributed by atoms with Gasteiger partial charge in [0.05, 0.1) is 19.3 Å². The highest BCUT2D eigenvalue weighted by Crippen LogP contribution is 2.39. The van der Waals surface area contributed by atoms with Crippen LogP contribution in [0.5, 0.6) is 5.75 Å². The minimum absolute atomic E-state index is 0.0843. The number of methoxy groups -OCH3 is 1. The van der Waals surface area contributed by atoms with Crippen LogP contribution in [-0.4, -0.2) is 32.4 Å². The molecule has 4 heteroatoms. The summed E-state index contributed by atoms with van der Waals surface area (Å²) in [6.45, 7) is 2.71. The molecule has 2 saturated heterocycles. The molecule has 1 spiro atoms. The van der Waals surface area contributed by atoms with Gasteiger partial charge in [0, 0.05) is 5.56 Å². The van der Waals surface area contributed by atoms with Gasteiger partial charge in [-0.05, 0) is 38.1 Å². The Morgan fingerprint density at radius 2 is 2.17 bits per heavy atom. The fraction of sp³-hybridized carbons (Fsp3) is 0.571. The minimum atomic E-state index is -0.252. The van der Waals surface area contributed by atoms with E-state index >= 15 is 0 Å². The first kappa shape index (κ1) is 12.0. The van der Waals surface area contributed by atoms with Crippen molar-refractivity contribution >= 4 is 0 Å². The summed E-state index contributed by atoms with van der Waals surface area (Å²) in [4.78, 5) is 0. The smallest absolute Gasteiger partial charge is 0.184 e. The Labute approximate surface area is 107 Å². The maximum absolute atomic E-state index is 6.16. The molecule has 1 atom stereocenters. The lowest BCUT2D eigenvalue weighted by Gasteiger charge is -2.31. The molecule has 2 aliphatic heterocycles. The molecule has 0 amide bonds. The third-order valence-electron chi connectivity index (χ3n) is 3.74. The molecule has 0 aromatic heterocycles. The van der Waals surface area contributed by atoms with Crippen LogP contribution in [-0.2, 0) is 9.47 Å². The van der Waals surface area contributed by atoms with Crippen LogP contribution in [0.15, 0.2) is 24.3 Å². The van der Waals surface area contributed by atoms with E-state index in [4.69, 9.17) is 14.2 Å². The van der Waals surface area contributed by atoms with E-state index in [-0.39, 0.29) is 11.9 Å². The fourth-order valence-electron chi connectivity index (χ4n) is 2.62. The highest BCUT2D eigenvalue weighted by atomic mass is 16.7. The number of benzene rings is 1. The van der Waals surface area contributed by atoms with Crippen LogP contribution in [0.4, 0.5) is 0 Å². The maximum atomic E-state index is 6.16. The topological polar surface area (TPSA) is 39.7 Å². The summed E-state index contributed by atoms with van der Waals surface area (Å²) in [5.41, 5.74) is 0.948. The van der Waals surface area contributed by atoms with Crippen LogP contribution in [0.25, 0.3) is 0 Å². The first-order chi connectivity index (χ1) is 8.81. The summed E-state index contributed by atoms with van der Waals surface area (Å²) in [7, 11) is 1.67. The van der Waals surface area contributed by atoms with Gasteiger partial charge in [0.15, 0.2) is 6.29 Å². The van der Waals surface area contributed by atoms with Crippen LogP contribution in [0, 0.1) is 0 Å². The summed E-state index contributed by atoms with van der Waals surface area (Å²) in [5, 5.41) is 3.35. The predicted octanol–water partition coefficient (Wildman–Crippen LogP) is 1.86. The van der Waals surface area contributed by atoms with E-state index in [1.807, 2.05) is 24.3 Å². The van der Waals surface area contributed by atoms with E-state index in [9.17, 15) is 0 Å². The normalized spacial score (nSPS) is 26.4. The molecule has 18 heavy (non-hydrogen) atoms. The molecule has 1 unspecified atom stereocenters. The SMILES string of the molecule is COc1cccc(C2OCC3(CCNCC3)O2)c1. The van der Waals surface area contributed by atoms with Gasteiger partial charge in [-0.25, -0.2) is 0 Å². The Morgan fingerprint density at radius 3 is 2.94 bits per heavy atom. The average molecular weight is 249 g/mol. The Morgan fingerprint density at radius 1 is 1.33 bits per heavy atom. The van der Waals surface area contributed by atoms with E-state index in [1.54, 1.807) is 7.11 Å². The first-order valence-electron chi connectivity index (χ1n) is 6.45. The van der Waals surface area contributed by atoms with Crippen molar-refractivity contribution in [3.8, 4) is 5.75 Å².